The largest absolute Gasteiger partial charge is 0.474 e. The van der Waals surface area contributed by atoms with Crippen molar-refractivity contribution in [2.45, 2.75) is 32.3 Å². The molecule has 0 radical (unpaired) electrons. The van der Waals surface area contributed by atoms with Crippen LogP contribution in [0.3, 0.4) is 0 Å². The fourth-order valence-electron chi connectivity index (χ4n) is 3.25. The molecule has 0 unspecified atom stereocenters. The van der Waals surface area contributed by atoms with Gasteiger partial charge in [-0.15, -0.1) is 0 Å². The molecular weight excluding hydrogens is 427 g/mol. The van der Waals surface area contributed by atoms with E-state index in [9.17, 15) is 17.6 Å². The summed E-state index contributed by atoms with van der Waals surface area (Å²) in [6, 6.07) is 4.51. The van der Waals surface area contributed by atoms with Crippen molar-refractivity contribution in [3.63, 3.8) is 0 Å². The van der Waals surface area contributed by atoms with Crippen LogP contribution < -0.4 is 10.1 Å². The number of aromatic nitrogens is 2. The molecule has 1 saturated heterocycles. The number of hydrogen-bond acceptors (Lipinski definition) is 7. The van der Waals surface area contributed by atoms with E-state index < -0.39 is 21.7 Å². The van der Waals surface area contributed by atoms with Gasteiger partial charge in [-0.25, -0.2) is 27.6 Å². The van der Waals surface area contributed by atoms with Gasteiger partial charge in [0.05, 0.1) is 17.0 Å². The van der Waals surface area contributed by atoms with Crippen LogP contribution in [-0.2, 0) is 16.3 Å². The molecule has 1 aromatic heterocycles. The summed E-state index contributed by atoms with van der Waals surface area (Å²) in [4.78, 5) is 20.7. The van der Waals surface area contributed by atoms with Crippen molar-refractivity contribution >= 4 is 27.4 Å². The minimum atomic E-state index is -3.12. The second kappa shape index (κ2) is 9.46. The Kier molecular flexibility index (Phi) is 6.94. The SMILES string of the molecule is Cc1c(Nc2ccc(CCS(C)(=O)=O)cc2F)ncnc1OC1CCN(C(=O)O)CC1. The Labute approximate surface area is 180 Å². The van der Waals surface area contributed by atoms with Crippen LogP contribution in [0.15, 0.2) is 24.5 Å². The number of likely N-dealkylation sites (tertiary alicyclic amines) is 1. The standard InChI is InChI=1S/C20H25FN4O5S/c1-13-18(24-17-4-3-14(11-16(17)21)7-10-31(2,28)29)22-12-23-19(13)30-15-5-8-25(9-6-15)20(26)27/h3-4,11-12,15H,5-10H2,1-2H3,(H,26,27)(H,22,23,24). The molecular formula is C20H25FN4O5S. The van der Waals surface area contributed by atoms with Crippen LogP contribution in [0.4, 0.5) is 20.7 Å². The molecule has 31 heavy (non-hydrogen) atoms. The highest BCUT2D eigenvalue weighted by Crippen LogP contribution is 2.28. The van der Waals surface area contributed by atoms with Gasteiger partial charge in [0.1, 0.15) is 33.9 Å². The Morgan fingerprint density at radius 1 is 1.32 bits per heavy atom. The van der Waals surface area contributed by atoms with Crippen LogP contribution in [0.2, 0.25) is 0 Å². The van der Waals surface area contributed by atoms with Crippen LogP contribution in [0.1, 0.15) is 24.0 Å². The molecule has 0 bridgehead atoms. The molecule has 0 saturated carbocycles. The average Bonchev–Trinajstić information content (AvgIpc) is 2.71. The summed E-state index contributed by atoms with van der Waals surface area (Å²) in [7, 11) is -3.12. The van der Waals surface area contributed by atoms with E-state index in [4.69, 9.17) is 9.84 Å². The van der Waals surface area contributed by atoms with Crippen molar-refractivity contribution in [2.24, 2.45) is 0 Å². The smallest absolute Gasteiger partial charge is 0.407 e. The van der Waals surface area contributed by atoms with E-state index in [0.29, 0.717) is 48.8 Å². The summed E-state index contributed by atoms with van der Waals surface area (Å²) in [5.74, 6) is 0.177. The number of anilines is 2. The number of ether oxygens (including phenoxy) is 1. The van der Waals surface area contributed by atoms with Gasteiger partial charge in [0, 0.05) is 32.2 Å². The van der Waals surface area contributed by atoms with Gasteiger partial charge >= 0.3 is 6.09 Å². The molecule has 168 valence electrons. The quantitative estimate of drug-likeness (QED) is 0.658. The summed E-state index contributed by atoms with van der Waals surface area (Å²) in [6.45, 7) is 2.54. The molecule has 3 rings (SSSR count). The number of sulfone groups is 1. The zero-order valence-corrected chi connectivity index (χ0v) is 18.2. The second-order valence-electron chi connectivity index (χ2n) is 7.56. The lowest BCUT2D eigenvalue weighted by molar-refractivity contribution is 0.0866. The van der Waals surface area contributed by atoms with E-state index in [2.05, 4.69) is 15.3 Å². The van der Waals surface area contributed by atoms with E-state index in [1.807, 2.05) is 0 Å². The number of nitrogens with one attached hydrogen (secondary N) is 1. The number of aryl methyl sites for hydroxylation is 1. The van der Waals surface area contributed by atoms with Gasteiger partial charge < -0.3 is 20.1 Å². The van der Waals surface area contributed by atoms with Crippen molar-refractivity contribution in [3.05, 3.63) is 41.5 Å². The first-order chi connectivity index (χ1) is 14.6. The monoisotopic (exact) mass is 452 g/mol. The predicted molar refractivity (Wildman–Crippen MR) is 113 cm³/mol. The predicted octanol–water partition coefficient (Wildman–Crippen LogP) is 2.78. The highest BCUT2D eigenvalue weighted by molar-refractivity contribution is 7.90. The Morgan fingerprint density at radius 3 is 2.65 bits per heavy atom. The number of nitrogens with zero attached hydrogens (tertiary/aromatic N) is 3. The lowest BCUT2D eigenvalue weighted by Gasteiger charge is -2.30. The number of piperidine rings is 1. The summed E-state index contributed by atoms with van der Waals surface area (Å²) >= 11 is 0. The van der Waals surface area contributed by atoms with E-state index in [1.165, 1.54) is 23.4 Å². The zero-order chi connectivity index (χ0) is 22.6. The number of carboxylic acid groups (broad SMARTS) is 1. The molecule has 1 aromatic carbocycles. The summed E-state index contributed by atoms with van der Waals surface area (Å²) in [5, 5.41) is 12.0. The third-order valence-corrected chi connectivity index (χ3v) is 6.02. The summed E-state index contributed by atoms with van der Waals surface area (Å²) in [5.41, 5.74) is 1.39. The van der Waals surface area contributed by atoms with Crippen LogP contribution in [-0.4, -0.2) is 65.7 Å². The summed E-state index contributed by atoms with van der Waals surface area (Å²) < 4.78 is 43.1. The first-order valence-corrected chi connectivity index (χ1v) is 11.9. The third kappa shape index (κ3) is 6.27. The number of rotatable bonds is 7. The molecule has 2 heterocycles. The molecule has 1 aliphatic rings. The molecule has 9 nitrogen and oxygen atoms in total. The summed E-state index contributed by atoms with van der Waals surface area (Å²) in [6.07, 6.45) is 2.71. The maximum absolute atomic E-state index is 14.5. The van der Waals surface area contributed by atoms with Crippen LogP contribution in [0.5, 0.6) is 5.88 Å². The minimum Gasteiger partial charge on any atom is -0.474 e. The Bertz CT molecular complexity index is 1060. The molecule has 1 fully saturated rings. The Balaban J connectivity index is 1.67. The fraction of sp³-hybridized carbons (Fsp3) is 0.450. The van der Waals surface area contributed by atoms with Crippen molar-refractivity contribution < 1.29 is 27.4 Å². The maximum Gasteiger partial charge on any atom is 0.407 e. The first-order valence-electron chi connectivity index (χ1n) is 9.81. The van der Waals surface area contributed by atoms with Gasteiger partial charge in [0.2, 0.25) is 5.88 Å². The molecule has 1 amide bonds. The molecule has 0 atom stereocenters. The van der Waals surface area contributed by atoms with Gasteiger partial charge in [-0.3, -0.25) is 0 Å². The Hall–Kier alpha value is -2.95. The van der Waals surface area contributed by atoms with Crippen LogP contribution in [0, 0.1) is 12.7 Å². The number of carbonyl (C=O) groups is 1. The molecule has 11 heteroatoms. The highest BCUT2D eigenvalue weighted by Gasteiger charge is 2.24. The number of halogens is 1. The normalized spacial score (nSPS) is 15.0. The van der Waals surface area contributed by atoms with Gasteiger partial charge in [0.15, 0.2) is 0 Å². The zero-order valence-electron chi connectivity index (χ0n) is 17.3. The van der Waals surface area contributed by atoms with Gasteiger partial charge in [-0.05, 0) is 31.0 Å². The van der Waals surface area contributed by atoms with E-state index >= 15 is 0 Å². The highest BCUT2D eigenvalue weighted by atomic mass is 32.2. The minimum absolute atomic E-state index is 0.0453. The second-order valence-corrected chi connectivity index (χ2v) is 9.82. The van der Waals surface area contributed by atoms with Crippen molar-refractivity contribution in [3.8, 4) is 5.88 Å². The average molecular weight is 453 g/mol. The van der Waals surface area contributed by atoms with E-state index in [-0.39, 0.29) is 24.0 Å². The number of benzene rings is 1. The van der Waals surface area contributed by atoms with E-state index in [1.54, 1.807) is 13.0 Å². The van der Waals surface area contributed by atoms with Gasteiger partial charge in [-0.1, -0.05) is 6.07 Å². The molecule has 2 aromatic rings. The first kappa shape index (κ1) is 22.7. The third-order valence-electron chi connectivity index (χ3n) is 5.08. The van der Waals surface area contributed by atoms with Crippen molar-refractivity contribution in [1.29, 1.82) is 0 Å². The molecule has 2 N–H and O–H groups in total. The van der Waals surface area contributed by atoms with Crippen LogP contribution >= 0.6 is 0 Å². The Morgan fingerprint density at radius 2 is 2.03 bits per heavy atom. The van der Waals surface area contributed by atoms with Gasteiger partial charge in [-0.2, -0.15) is 0 Å². The van der Waals surface area contributed by atoms with Crippen molar-refractivity contribution in [2.75, 3.05) is 30.4 Å². The molecule has 0 spiro atoms. The van der Waals surface area contributed by atoms with Crippen LogP contribution in [0.25, 0.3) is 0 Å². The van der Waals surface area contributed by atoms with Crippen molar-refractivity contribution in [1.82, 2.24) is 14.9 Å². The molecule has 0 aliphatic carbocycles. The van der Waals surface area contributed by atoms with E-state index in [0.717, 1.165) is 6.26 Å². The maximum atomic E-state index is 14.5. The fourth-order valence-corrected chi connectivity index (χ4v) is 3.85. The van der Waals surface area contributed by atoms with Gasteiger partial charge in [0.25, 0.3) is 0 Å². The number of hydrogen-bond donors (Lipinski definition) is 2. The lowest BCUT2D eigenvalue weighted by atomic mass is 10.1. The lowest BCUT2D eigenvalue weighted by Crippen LogP contribution is -2.41. The topological polar surface area (TPSA) is 122 Å². The number of amides is 1. The molecule has 1 aliphatic heterocycles.